The van der Waals surface area contributed by atoms with Gasteiger partial charge in [-0.15, -0.1) is 0 Å². The van der Waals surface area contributed by atoms with Gasteiger partial charge in [0, 0.05) is 67.2 Å². The summed E-state index contributed by atoms with van der Waals surface area (Å²) in [5.74, 6) is -17.2. The van der Waals surface area contributed by atoms with Crippen LogP contribution >= 0.6 is 21.6 Å². The fourth-order valence-electron chi connectivity index (χ4n) is 13.2. The third-order valence-electron chi connectivity index (χ3n) is 19.3. The number of carboxylic acids is 5. The highest BCUT2D eigenvalue weighted by Gasteiger charge is 2.47. The number of hydrogen-bond acceptors (Lipinski definition) is 30. The molecule has 45 nitrogen and oxygen atoms in total. The number of nitrogens with two attached hydrogens (primary N) is 2. The number of ether oxygens (including phenoxy) is 5. The molecule has 6 heterocycles. The van der Waals surface area contributed by atoms with Gasteiger partial charge < -0.3 is 118 Å². The number of aliphatic imine (C=N–C) groups is 1. The number of aliphatic hydroxyl groups excluding tert-OH is 1. The summed E-state index contributed by atoms with van der Waals surface area (Å²) in [5, 5.41) is 87.5. The highest BCUT2D eigenvalue weighted by molar-refractivity contribution is 8.76. The van der Waals surface area contributed by atoms with Crippen LogP contribution in [0.2, 0.25) is 0 Å². The molecule has 0 bridgehead atoms. The maximum atomic E-state index is 14.2. The zero-order valence-corrected chi connectivity index (χ0v) is 67.8. The minimum Gasteiger partial charge on any atom is -0.493 e. The number of carbonyl (C=O) groups excluding carboxylic acids is 9. The number of nitrogen functional groups attached to an aromatic ring is 1. The van der Waals surface area contributed by atoms with E-state index in [1.54, 1.807) is 23.2 Å². The van der Waals surface area contributed by atoms with Gasteiger partial charge in [0.15, 0.2) is 46.3 Å². The standard InChI is InChI=1S/C76H91N19O26S2/c1-36-21-41-32-82-46-25-55(53(117-3)23-42(46)69(109)93(41)33-36)119-17-6-5-7-18-120-56-29-51-43(24-54(56)118-4)70(110)94-34-37(2)22-52(94)71(111)95(51)76(116)121-19-20-122-123-35-50(73(114)115)90-67(107)49(28-60(101)102)89-66(106)48(27-59(99)100)88-64(104)44(9-8-16-80-74(77)78)86-65(105)47(26-58(97)98)85-57(96)15-14-45(72(112)113)87-63(103)38-10-12-39(13-11-38)81-30-40-31-83-62-61(84-40)68(108)92-75(79)91-62/h10-13,23-25,29,31-32,41,44-45,47-50,52,71,81,111H,1-2,5-9,14-22,26-28,30,33-35H2,3-4H3,(H,85,96)(H,86,105)(H,87,103)(H,88,104)(H,89,106)(H,90,107)(H,97,98)(H,99,100)(H,101,102)(H,112,113)(H,114,115)(H4,77,78,80)(H3,79,83,91,92,108)/t41-,44-,45-,47-,48-,49-,50-,52-,71-/m0/s1. The molecule has 4 aliphatic heterocycles. The first-order valence-corrected chi connectivity index (χ1v) is 40.5. The number of carbonyl (C=O) groups is 14. The fraction of sp³-hybridized carbons (Fsp3) is 0.421. The number of aromatic amines is 1. The topological polar surface area (TPSA) is 672 Å². The van der Waals surface area contributed by atoms with Crippen LogP contribution < -0.4 is 83.4 Å². The molecular weight excluding hydrogens is 1660 g/mol. The van der Waals surface area contributed by atoms with Gasteiger partial charge in [-0.05, 0) is 87.8 Å². The molecule has 0 unspecified atom stereocenters. The summed E-state index contributed by atoms with van der Waals surface area (Å²) in [5.41, 5.74) is 13.3. The average molecular weight is 1750 g/mol. The van der Waals surface area contributed by atoms with Crippen molar-refractivity contribution in [2.75, 3.05) is 81.1 Å². The number of carboxylic acid groups (broad SMARTS) is 5. The predicted molar refractivity (Wildman–Crippen MR) is 438 cm³/mol. The van der Waals surface area contributed by atoms with Crippen molar-refractivity contribution in [1.29, 1.82) is 5.41 Å². The number of fused-ring (bicyclic) bond motifs is 5. The molecule has 0 spiro atoms. The number of nitrogens with one attached hydrogen (secondary N) is 10. The Morgan fingerprint density at radius 2 is 1.22 bits per heavy atom. The Balaban J connectivity index is 0.761. The van der Waals surface area contributed by atoms with E-state index in [1.165, 1.54) is 61.7 Å². The monoisotopic (exact) mass is 1750 g/mol. The number of aromatic nitrogens is 4. The van der Waals surface area contributed by atoms with E-state index in [0.29, 0.717) is 71.9 Å². The van der Waals surface area contributed by atoms with Crippen LogP contribution in [-0.4, -0.2) is 275 Å². The SMILES string of the molecule is C=C1C[C@H]2C=Nc3cc(OCCCCCOc4cc5c(cc4OC)C(=O)N4CC(=C)C[C@H]4[C@H](O)N5C(=O)OCCSSC[C@H](NC(=O)[C@H](CC(=O)O)NC(=O)[C@H](CC(=O)O)NC(=O)[C@H](CCCNC(=N)N)NC(=O)[C@H](CC(=O)O)NC(=O)CC[C@H](NC(=O)c4ccc(NCc5cnc6nc(N)[nH]c(=O)c6n5)cc4)C(=O)O)C(=O)O)c(OC)cc3C(=O)N2C1. The minimum absolute atomic E-state index is 0.0239. The van der Waals surface area contributed by atoms with E-state index >= 15 is 0 Å². The van der Waals surface area contributed by atoms with Crippen molar-refractivity contribution in [3.05, 3.63) is 112 Å². The van der Waals surface area contributed by atoms with Gasteiger partial charge in [-0.2, -0.15) is 4.98 Å². The van der Waals surface area contributed by atoms with E-state index in [9.17, 15) is 103 Å². The summed E-state index contributed by atoms with van der Waals surface area (Å²) in [6.45, 7) is 8.39. The van der Waals surface area contributed by atoms with E-state index in [1.807, 2.05) is 5.32 Å². The Kier molecular flexibility index (Phi) is 32.8. The summed E-state index contributed by atoms with van der Waals surface area (Å²) in [6.07, 6.45) is -3.03. The molecule has 658 valence electrons. The molecule has 4 aliphatic rings. The number of amides is 9. The fourth-order valence-corrected chi connectivity index (χ4v) is 15.2. The van der Waals surface area contributed by atoms with E-state index in [0.717, 1.165) is 32.1 Å². The second-order valence-corrected chi connectivity index (χ2v) is 30.9. The Hall–Kier alpha value is -13.9. The number of anilines is 3. The second-order valence-electron chi connectivity index (χ2n) is 28.3. The van der Waals surface area contributed by atoms with Crippen molar-refractivity contribution >= 4 is 151 Å². The van der Waals surface area contributed by atoms with Crippen LogP contribution in [0.3, 0.4) is 0 Å². The van der Waals surface area contributed by atoms with Crippen LogP contribution in [0.25, 0.3) is 11.2 Å². The molecule has 2 saturated heterocycles. The Morgan fingerprint density at radius 3 is 1.83 bits per heavy atom. The van der Waals surface area contributed by atoms with Crippen molar-refractivity contribution in [2.24, 2.45) is 10.7 Å². The van der Waals surface area contributed by atoms with Crippen molar-refractivity contribution in [3.63, 3.8) is 0 Å². The van der Waals surface area contributed by atoms with Gasteiger partial charge in [-0.1, -0.05) is 45.9 Å². The summed E-state index contributed by atoms with van der Waals surface area (Å²) in [7, 11) is 4.58. The highest BCUT2D eigenvalue weighted by atomic mass is 33.1. The van der Waals surface area contributed by atoms with Crippen LogP contribution in [0.4, 0.5) is 27.8 Å². The van der Waals surface area contributed by atoms with Crippen LogP contribution in [0.5, 0.6) is 23.0 Å². The largest absolute Gasteiger partial charge is 0.493 e. The summed E-state index contributed by atoms with van der Waals surface area (Å²) >= 11 is 0. The van der Waals surface area contributed by atoms with E-state index < -0.39 is 188 Å². The number of aliphatic hydroxyl groups is 1. The van der Waals surface area contributed by atoms with Gasteiger partial charge in [-0.25, -0.2) is 29.3 Å². The number of H-pyrrole nitrogens is 1. The summed E-state index contributed by atoms with van der Waals surface area (Å²) in [4.78, 5) is 221. The molecule has 5 aromatic rings. The van der Waals surface area contributed by atoms with E-state index in [2.05, 4.69) is 75.3 Å². The van der Waals surface area contributed by atoms with Crippen molar-refractivity contribution in [3.8, 4) is 23.0 Å². The Morgan fingerprint density at radius 1 is 0.650 bits per heavy atom. The molecule has 3 aromatic carbocycles. The van der Waals surface area contributed by atoms with Crippen molar-refractivity contribution < 1.29 is 121 Å². The molecule has 9 rings (SSSR count). The molecule has 47 heteroatoms. The molecule has 123 heavy (non-hydrogen) atoms. The lowest BCUT2D eigenvalue weighted by Crippen LogP contribution is -2.59. The average Bonchev–Trinajstić information content (AvgIpc) is 1.62. The van der Waals surface area contributed by atoms with Crippen molar-refractivity contribution in [2.45, 2.75) is 138 Å². The third kappa shape index (κ3) is 25.6. The number of hydrogen-bond donors (Lipinski definition) is 18. The molecule has 2 fully saturated rings. The zero-order valence-electron chi connectivity index (χ0n) is 66.2. The van der Waals surface area contributed by atoms with Gasteiger partial charge in [0.1, 0.15) is 42.9 Å². The predicted octanol–water partition coefficient (Wildman–Crippen LogP) is 0.326. The highest BCUT2D eigenvalue weighted by Crippen LogP contribution is 2.43. The first kappa shape index (κ1) is 93.0. The van der Waals surface area contributed by atoms with Crippen LogP contribution in [0.1, 0.15) is 114 Å². The lowest BCUT2D eigenvalue weighted by molar-refractivity contribution is -0.144. The van der Waals surface area contributed by atoms with Gasteiger partial charge in [0.25, 0.3) is 23.3 Å². The van der Waals surface area contributed by atoms with Crippen LogP contribution in [0, 0.1) is 5.41 Å². The molecule has 9 atom stereocenters. The number of guanidine groups is 1. The third-order valence-corrected chi connectivity index (χ3v) is 21.6. The quantitative estimate of drug-likeness (QED) is 0.00821. The zero-order chi connectivity index (χ0) is 89.5. The van der Waals surface area contributed by atoms with E-state index in [-0.39, 0.29) is 109 Å². The number of nitrogens with zero attached hydrogens (tertiary/aromatic N) is 7. The number of methoxy groups -OCH3 is 2. The molecule has 20 N–H and O–H groups in total. The first-order valence-electron chi connectivity index (χ1n) is 38.0. The second kappa shape index (κ2) is 43.4. The van der Waals surface area contributed by atoms with Gasteiger partial charge >= 0.3 is 35.9 Å². The molecular formula is C76H91N19O26S2. The Bertz CT molecular complexity index is 5020. The minimum atomic E-state index is -2.22. The molecule has 2 aromatic heterocycles. The molecule has 0 aliphatic carbocycles. The van der Waals surface area contributed by atoms with Gasteiger partial charge in [0.05, 0.1) is 99.7 Å². The normalized spacial score (nSPS) is 16.5. The molecule has 0 saturated carbocycles. The van der Waals surface area contributed by atoms with Crippen molar-refractivity contribution in [1.82, 2.24) is 67.0 Å². The Labute approximate surface area is 706 Å². The number of aliphatic carboxylic acids is 5. The van der Waals surface area contributed by atoms with Gasteiger partial charge in [-0.3, -0.25) is 72.9 Å². The lowest BCUT2D eigenvalue weighted by atomic mass is 10.1. The number of rotatable bonds is 45. The molecule has 0 radical (unpaired) electrons. The maximum absolute atomic E-state index is 14.2. The van der Waals surface area contributed by atoms with Crippen LogP contribution in [-0.2, 0) is 59.2 Å². The van der Waals surface area contributed by atoms with Crippen LogP contribution in [0.15, 0.2) is 88.8 Å². The van der Waals surface area contributed by atoms with E-state index in [4.69, 9.17) is 40.6 Å². The summed E-state index contributed by atoms with van der Waals surface area (Å²) in [6, 6.07) is -1.41. The number of unbranched alkanes of at least 4 members (excludes halogenated alkanes) is 2. The first-order chi connectivity index (χ1) is 58.6. The summed E-state index contributed by atoms with van der Waals surface area (Å²) < 4.78 is 29.1. The smallest absolute Gasteiger partial charge is 0.416 e. The maximum Gasteiger partial charge on any atom is 0.416 e. The molecule has 9 amide bonds. The lowest BCUT2D eigenvalue weighted by Gasteiger charge is -2.31. The number of benzene rings is 3. The van der Waals surface area contributed by atoms with Gasteiger partial charge in [0.2, 0.25) is 35.5 Å².